The van der Waals surface area contributed by atoms with Gasteiger partial charge in [-0.2, -0.15) is 127 Å². The molecule has 0 amide bonds. The maximum absolute atomic E-state index is 14.2. The van der Waals surface area contributed by atoms with E-state index in [0.717, 1.165) is 12.5 Å². The molecule has 0 aliphatic heterocycles. The smallest absolute Gasteiger partial charge is 0.201 e. The molecule has 0 atom stereocenters. The molecule has 1 aromatic heterocycles. The summed E-state index contributed by atoms with van der Waals surface area (Å²) >= 11 is 0. The summed E-state index contributed by atoms with van der Waals surface area (Å²) in [5.41, 5.74) is -24.7. The van der Waals surface area contributed by atoms with Crippen LogP contribution in [0.4, 0.5) is 105 Å². The number of halogens is 24. The number of rotatable bonds is 8. The summed E-state index contributed by atoms with van der Waals surface area (Å²) in [4.78, 5) is 0. The fraction of sp³-hybridized carbons (Fsp3) is 0.268. The van der Waals surface area contributed by atoms with Gasteiger partial charge in [0.2, 0.25) is 0 Å². The summed E-state index contributed by atoms with van der Waals surface area (Å²) in [6, 6.07) is 15.5. The normalized spacial score (nSPS) is 14.6. The van der Waals surface area contributed by atoms with E-state index in [2.05, 4.69) is 83.7 Å². The summed E-state index contributed by atoms with van der Waals surface area (Å²) in [5.74, 6) is 0.784. The van der Waals surface area contributed by atoms with Gasteiger partial charge in [0, 0.05) is 17.7 Å². The van der Waals surface area contributed by atoms with Crippen molar-refractivity contribution in [3.63, 3.8) is 0 Å². The lowest BCUT2D eigenvalue weighted by Gasteiger charge is -2.46. The van der Waals surface area contributed by atoms with E-state index in [1.807, 2.05) is 0 Å². The van der Waals surface area contributed by atoms with Crippen molar-refractivity contribution in [3.8, 4) is 11.1 Å². The molecular weight excluding hydrogens is 1150 g/mol. The van der Waals surface area contributed by atoms with Crippen molar-refractivity contribution in [3.05, 3.63) is 208 Å². The molecule has 1 aliphatic carbocycles. The van der Waals surface area contributed by atoms with Gasteiger partial charge in [-0.15, -0.1) is 0 Å². The lowest BCUT2D eigenvalue weighted by Crippen LogP contribution is -2.75. The average Bonchev–Trinajstić information content (AvgIpc) is 3.56. The Bertz CT molecular complexity index is 2900. The third-order valence-corrected chi connectivity index (χ3v) is 13.9. The minimum absolute atomic E-state index is 0.691. The Labute approximate surface area is 449 Å². The van der Waals surface area contributed by atoms with E-state index in [-0.39, 0.29) is 0 Å². The van der Waals surface area contributed by atoms with Crippen LogP contribution in [-0.2, 0) is 56.0 Å². The topological polar surface area (TPSA) is 3.88 Å². The van der Waals surface area contributed by atoms with Gasteiger partial charge < -0.3 is 0 Å². The summed E-state index contributed by atoms with van der Waals surface area (Å²) in [5, 5.41) is 0. The zero-order chi connectivity index (χ0) is 60.8. The number of benzene rings is 6. The molecule has 0 N–H and O–H groups in total. The van der Waals surface area contributed by atoms with Crippen LogP contribution in [0.2, 0.25) is 0 Å². The van der Waals surface area contributed by atoms with Gasteiger partial charge in [-0.1, -0.05) is 122 Å². The molecular formula is C56H38BF24N. The van der Waals surface area contributed by atoms with Gasteiger partial charge in [-0.05, 0) is 59.7 Å². The van der Waals surface area contributed by atoms with Gasteiger partial charge in [0.25, 0.3) is 0 Å². The fourth-order valence-corrected chi connectivity index (χ4v) is 10.0. The zero-order valence-corrected chi connectivity index (χ0v) is 41.3. The Hall–Kier alpha value is -7.15. The van der Waals surface area contributed by atoms with Crippen molar-refractivity contribution >= 4 is 28.0 Å². The highest BCUT2D eigenvalue weighted by molar-refractivity contribution is 7.20. The molecule has 6 aromatic carbocycles. The Morgan fingerprint density at radius 3 is 0.854 bits per heavy atom. The summed E-state index contributed by atoms with van der Waals surface area (Å²) in [6.07, 6.45) is -43.5. The largest absolute Gasteiger partial charge is 0.416 e. The van der Waals surface area contributed by atoms with Crippen LogP contribution in [0.25, 0.3) is 11.1 Å². The molecule has 0 spiro atoms. The first-order chi connectivity index (χ1) is 37.6. The van der Waals surface area contributed by atoms with Gasteiger partial charge in [0.1, 0.15) is 6.15 Å². The Morgan fingerprint density at radius 1 is 0.317 bits per heavy atom. The first-order valence-electron chi connectivity index (χ1n) is 24.1. The van der Waals surface area contributed by atoms with Crippen LogP contribution >= 0.6 is 0 Å². The van der Waals surface area contributed by atoms with Gasteiger partial charge in [-0.25, -0.2) is 4.57 Å². The molecule has 82 heavy (non-hydrogen) atoms. The van der Waals surface area contributed by atoms with E-state index in [4.69, 9.17) is 0 Å². The van der Waals surface area contributed by atoms with Crippen molar-refractivity contribution in [1.29, 1.82) is 0 Å². The number of hydrogen-bond donors (Lipinski definition) is 0. The number of pyridine rings is 1. The van der Waals surface area contributed by atoms with Crippen LogP contribution in [0.1, 0.15) is 93.7 Å². The first kappa shape index (κ1) is 62.5. The second-order valence-corrected chi connectivity index (χ2v) is 19.4. The van der Waals surface area contributed by atoms with E-state index in [0.29, 0.717) is 0 Å². The summed E-state index contributed by atoms with van der Waals surface area (Å²) in [6.45, 7) is 0.918. The maximum Gasteiger partial charge on any atom is 0.416 e. The third kappa shape index (κ3) is 14.5. The average molecular weight is 1190 g/mol. The molecule has 1 nitrogen and oxygen atoms in total. The highest BCUT2D eigenvalue weighted by Gasteiger charge is 2.47. The van der Waals surface area contributed by atoms with E-state index in [9.17, 15) is 105 Å². The number of nitrogens with zero attached hydrogens (tertiary/aromatic N) is 1. The molecule has 1 aliphatic rings. The molecule has 8 rings (SSSR count). The monoisotopic (exact) mass is 1190 g/mol. The van der Waals surface area contributed by atoms with Crippen LogP contribution in [0.15, 0.2) is 152 Å². The molecule has 7 aromatic rings. The second kappa shape index (κ2) is 22.5. The van der Waals surface area contributed by atoms with Crippen molar-refractivity contribution in [2.45, 2.75) is 94.0 Å². The van der Waals surface area contributed by atoms with E-state index in [1.165, 1.54) is 54.4 Å². The van der Waals surface area contributed by atoms with E-state index >= 15 is 0 Å². The van der Waals surface area contributed by atoms with Gasteiger partial charge in [-0.3, -0.25) is 0 Å². The number of hydrogen-bond acceptors (Lipinski definition) is 0. The SMILES string of the molecule is FC(F)(F)c1cc([B-](c2cc(C(F)(F)F)cc(C(F)(F)F)c2)(c2cc(C(F)(F)F)cc(C(F)(F)F)c2)c2cc(C(F)(F)F)cc(C(F)(F)F)c2)cc(C(F)(F)F)c1.c1ccc(C[n+]2ccc(-c3ccc(C4CCCCC4)cc3)cc2)cc1. The van der Waals surface area contributed by atoms with Crippen molar-refractivity contribution in [1.82, 2.24) is 0 Å². The van der Waals surface area contributed by atoms with Crippen LogP contribution in [0.3, 0.4) is 0 Å². The first-order valence-corrected chi connectivity index (χ1v) is 24.1. The van der Waals surface area contributed by atoms with Gasteiger partial charge in [0.15, 0.2) is 18.9 Å². The summed E-state index contributed by atoms with van der Waals surface area (Å²) < 4.78 is 343. The lowest BCUT2D eigenvalue weighted by atomic mass is 9.12. The maximum atomic E-state index is 14.2. The standard InChI is InChI=1S/C32H12BF24.C24H26N/c34-25(35,36)13-1-14(26(37,38)39)6-21(5-13)33(22-7-15(27(40,41)42)2-16(8-22)28(43,44)45,23-9-17(29(46,47)48)3-18(10-23)30(49,50)51)24-11-19(31(52,53)54)4-20(12-24)32(55,56)57;1-3-7-20(8-4-1)19-25-17-15-24(16-18-25)23-13-11-22(12-14-23)21-9-5-2-6-10-21/h1-12H;1,3-4,7-8,11-18,21H,2,5-6,9-10,19H2/q-1;+1. The minimum Gasteiger partial charge on any atom is -0.201 e. The minimum atomic E-state index is -6.13. The molecule has 0 unspecified atom stereocenters. The highest BCUT2D eigenvalue weighted by Crippen LogP contribution is 2.42. The van der Waals surface area contributed by atoms with Crippen molar-refractivity contribution in [2.75, 3.05) is 0 Å². The predicted octanol–water partition coefficient (Wildman–Crippen LogP) is 17.0. The highest BCUT2D eigenvalue weighted by atomic mass is 19.4. The van der Waals surface area contributed by atoms with Crippen LogP contribution < -0.4 is 26.4 Å². The molecule has 438 valence electrons. The Morgan fingerprint density at radius 2 is 0.585 bits per heavy atom. The molecule has 0 bridgehead atoms. The molecule has 26 heteroatoms. The molecule has 1 saturated carbocycles. The summed E-state index contributed by atoms with van der Waals surface area (Å²) in [7, 11) is 0. The number of aromatic nitrogens is 1. The van der Waals surface area contributed by atoms with E-state index in [1.54, 1.807) is 0 Å². The molecule has 0 radical (unpaired) electrons. The third-order valence-electron chi connectivity index (χ3n) is 13.9. The Balaban J connectivity index is 0.000000318. The van der Waals surface area contributed by atoms with Crippen molar-refractivity contribution in [2.24, 2.45) is 0 Å². The van der Waals surface area contributed by atoms with Gasteiger partial charge >= 0.3 is 49.4 Å². The second-order valence-electron chi connectivity index (χ2n) is 19.4. The van der Waals surface area contributed by atoms with Gasteiger partial charge in [0.05, 0.1) is 44.5 Å². The van der Waals surface area contributed by atoms with Crippen molar-refractivity contribution < 1.29 is 110 Å². The molecule has 1 fully saturated rings. The number of alkyl halides is 24. The fourth-order valence-electron chi connectivity index (χ4n) is 10.0. The molecule has 0 saturated heterocycles. The predicted molar refractivity (Wildman–Crippen MR) is 254 cm³/mol. The Kier molecular flexibility index (Phi) is 17.2. The van der Waals surface area contributed by atoms with Crippen LogP contribution in [0.5, 0.6) is 0 Å². The lowest BCUT2D eigenvalue weighted by molar-refractivity contribution is -0.688. The zero-order valence-electron chi connectivity index (χ0n) is 41.3. The molecule has 1 heterocycles. The van der Waals surface area contributed by atoms with Crippen LogP contribution in [-0.4, -0.2) is 6.15 Å². The quantitative estimate of drug-likeness (QED) is 0.0811. The van der Waals surface area contributed by atoms with E-state index < -0.39 is 195 Å². The van der Waals surface area contributed by atoms with Crippen LogP contribution in [0, 0.1) is 0 Å².